The first-order valence-electron chi connectivity index (χ1n) is 17.0. The van der Waals surface area contributed by atoms with Crippen molar-refractivity contribution < 1.29 is 61.8 Å². The van der Waals surface area contributed by atoms with Crippen molar-refractivity contribution in [2.24, 2.45) is 0 Å². The molecule has 0 aromatic heterocycles. The maximum Gasteiger partial charge on any atom is 0.269 e. The van der Waals surface area contributed by atoms with Crippen molar-refractivity contribution in [2.45, 2.75) is 6.61 Å². The summed E-state index contributed by atoms with van der Waals surface area (Å²) in [7, 11) is 0. The molecule has 0 bridgehead atoms. The zero-order valence-electron chi connectivity index (χ0n) is 29.1. The summed E-state index contributed by atoms with van der Waals surface area (Å²) in [6.07, 6.45) is 0. The molecule has 0 unspecified atom stereocenters. The molecular formula is C35H55NO14. The summed E-state index contributed by atoms with van der Waals surface area (Å²) in [5, 5.41) is 10.6. The minimum Gasteiger partial charge on any atom is -0.491 e. The van der Waals surface area contributed by atoms with E-state index in [2.05, 4.69) is 0 Å². The van der Waals surface area contributed by atoms with Crippen molar-refractivity contribution >= 4 is 5.69 Å². The Bertz CT molecular complexity index is 1020. The number of hydrogen-bond acceptors (Lipinski definition) is 14. The molecule has 0 aliphatic carbocycles. The van der Waals surface area contributed by atoms with E-state index in [4.69, 9.17) is 56.8 Å². The van der Waals surface area contributed by atoms with E-state index in [1.807, 2.05) is 30.3 Å². The fraction of sp³-hybridized carbons (Fsp3) is 0.657. The van der Waals surface area contributed by atoms with Crippen molar-refractivity contribution in [1.29, 1.82) is 0 Å². The average molecular weight is 714 g/mol. The molecule has 0 radical (unpaired) electrons. The number of non-ortho nitro benzene ring substituents is 1. The molecule has 0 saturated carbocycles. The maximum atomic E-state index is 10.6. The average Bonchev–Trinajstić information content (AvgIpc) is 3.14. The number of hydrogen-bond donors (Lipinski definition) is 0. The minimum atomic E-state index is -0.452. The fourth-order valence-electron chi connectivity index (χ4n) is 3.85. The third kappa shape index (κ3) is 27.0. The number of nitrogens with zero attached hydrogens (tertiary/aromatic N) is 1. The summed E-state index contributed by atoms with van der Waals surface area (Å²) in [6.45, 7) is 11.2. The molecular weight excluding hydrogens is 658 g/mol. The van der Waals surface area contributed by atoms with Crippen LogP contribution in [-0.4, -0.2) is 150 Å². The third-order valence-electron chi connectivity index (χ3n) is 6.38. The molecule has 0 amide bonds. The van der Waals surface area contributed by atoms with Crippen molar-refractivity contribution in [3.8, 4) is 5.75 Å². The van der Waals surface area contributed by atoms with Gasteiger partial charge in [-0.2, -0.15) is 0 Å². The van der Waals surface area contributed by atoms with Crippen molar-refractivity contribution in [2.75, 3.05) is 145 Å². The molecule has 2 rings (SSSR count). The Kier molecular flexibility index (Phi) is 28.9. The normalized spacial score (nSPS) is 11.3. The smallest absolute Gasteiger partial charge is 0.269 e. The second-order valence-corrected chi connectivity index (χ2v) is 10.3. The van der Waals surface area contributed by atoms with Crippen LogP contribution in [0.1, 0.15) is 5.56 Å². The maximum absolute atomic E-state index is 10.6. The van der Waals surface area contributed by atoms with Crippen LogP contribution in [0.25, 0.3) is 0 Å². The molecule has 15 heteroatoms. The highest BCUT2D eigenvalue weighted by atomic mass is 16.6. The summed E-state index contributed by atoms with van der Waals surface area (Å²) in [5.74, 6) is 0.556. The standard InChI is InChI=1S/C35H55NO14/c37-36(38)34-6-8-35(9-7-34)50-31-30-48-27-26-46-23-22-44-19-18-42-15-14-40-11-10-39-12-13-41-16-17-43-20-21-45-24-25-47-28-29-49-32-33-4-2-1-3-5-33/h1-9H,10-32H2. The van der Waals surface area contributed by atoms with Gasteiger partial charge in [-0.05, 0) is 17.7 Å². The van der Waals surface area contributed by atoms with Gasteiger partial charge in [0, 0.05) is 12.1 Å². The van der Waals surface area contributed by atoms with Gasteiger partial charge in [-0.25, -0.2) is 0 Å². The fourth-order valence-corrected chi connectivity index (χ4v) is 3.85. The lowest BCUT2D eigenvalue weighted by Crippen LogP contribution is -2.15. The van der Waals surface area contributed by atoms with Crippen LogP contribution in [0.3, 0.4) is 0 Å². The van der Waals surface area contributed by atoms with Gasteiger partial charge in [0.25, 0.3) is 5.69 Å². The first kappa shape index (κ1) is 43.4. The third-order valence-corrected chi connectivity index (χ3v) is 6.38. The van der Waals surface area contributed by atoms with Crippen molar-refractivity contribution in [1.82, 2.24) is 0 Å². The number of ether oxygens (including phenoxy) is 12. The van der Waals surface area contributed by atoms with Gasteiger partial charge in [-0.1, -0.05) is 30.3 Å². The van der Waals surface area contributed by atoms with Gasteiger partial charge in [0.1, 0.15) is 12.4 Å². The second-order valence-electron chi connectivity index (χ2n) is 10.3. The van der Waals surface area contributed by atoms with Crippen molar-refractivity contribution in [3.05, 3.63) is 70.3 Å². The van der Waals surface area contributed by atoms with Gasteiger partial charge in [0.05, 0.1) is 150 Å². The lowest BCUT2D eigenvalue weighted by atomic mass is 10.2. The number of rotatable bonds is 37. The molecule has 0 atom stereocenters. The Morgan fingerprint density at radius 1 is 0.380 bits per heavy atom. The quantitative estimate of drug-likeness (QED) is 0.0571. The summed E-state index contributed by atoms with van der Waals surface area (Å²) in [4.78, 5) is 10.2. The van der Waals surface area contributed by atoms with E-state index in [-0.39, 0.29) is 5.69 Å². The highest BCUT2D eigenvalue weighted by molar-refractivity contribution is 5.35. The van der Waals surface area contributed by atoms with E-state index in [0.717, 1.165) is 5.56 Å². The first-order chi connectivity index (χ1) is 24.8. The van der Waals surface area contributed by atoms with Crippen LogP contribution in [0.2, 0.25) is 0 Å². The van der Waals surface area contributed by atoms with E-state index in [9.17, 15) is 10.1 Å². The Labute approximate surface area is 295 Å². The Morgan fingerprint density at radius 3 is 1.00 bits per heavy atom. The van der Waals surface area contributed by atoms with Gasteiger partial charge in [0.15, 0.2) is 0 Å². The molecule has 2 aromatic carbocycles. The molecule has 15 nitrogen and oxygen atoms in total. The Hall–Kier alpha value is -2.80. The van der Waals surface area contributed by atoms with E-state index in [1.54, 1.807) is 12.1 Å². The monoisotopic (exact) mass is 713 g/mol. The lowest BCUT2D eigenvalue weighted by Gasteiger charge is -2.09. The number of benzene rings is 2. The van der Waals surface area contributed by atoms with Gasteiger partial charge in [0.2, 0.25) is 0 Å². The molecule has 0 N–H and O–H groups in total. The zero-order valence-corrected chi connectivity index (χ0v) is 29.1. The molecule has 50 heavy (non-hydrogen) atoms. The van der Waals surface area contributed by atoms with Crippen LogP contribution in [0.15, 0.2) is 54.6 Å². The largest absolute Gasteiger partial charge is 0.491 e. The van der Waals surface area contributed by atoms with Gasteiger partial charge < -0.3 is 56.8 Å². The SMILES string of the molecule is O=[N+]([O-])c1ccc(OCCOCCOCCOCCOCCOCCOCCOCCOCCOCCOCCOCc2ccccc2)cc1. The first-order valence-corrected chi connectivity index (χ1v) is 17.0. The zero-order chi connectivity index (χ0) is 35.4. The predicted molar refractivity (Wildman–Crippen MR) is 183 cm³/mol. The molecule has 2 aromatic rings. The van der Waals surface area contributed by atoms with Crippen molar-refractivity contribution in [3.63, 3.8) is 0 Å². The molecule has 0 fully saturated rings. The van der Waals surface area contributed by atoms with E-state index in [0.29, 0.717) is 158 Å². The number of nitro benzene ring substituents is 1. The summed E-state index contributed by atoms with van der Waals surface area (Å²) >= 11 is 0. The predicted octanol–water partition coefficient (Wildman–Crippen LogP) is 3.36. The topological polar surface area (TPSA) is 154 Å². The second kappa shape index (κ2) is 33.3. The highest BCUT2D eigenvalue weighted by Gasteiger charge is 2.04. The van der Waals surface area contributed by atoms with Crippen LogP contribution in [-0.2, 0) is 58.7 Å². The summed E-state index contributed by atoms with van der Waals surface area (Å²) < 4.78 is 65.7. The minimum absolute atomic E-state index is 0.0251. The molecule has 0 spiro atoms. The van der Waals surface area contributed by atoms with Gasteiger partial charge in [-0.3, -0.25) is 10.1 Å². The van der Waals surface area contributed by atoms with E-state index < -0.39 is 4.92 Å². The summed E-state index contributed by atoms with van der Waals surface area (Å²) in [6, 6.07) is 16.0. The Morgan fingerprint density at radius 2 is 0.680 bits per heavy atom. The molecule has 284 valence electrons. The summed E-state index contributed by atoms with van der Waals surface area (Å²) in [5.41, 5.74) is 1.18. The molecule has 0 saturated heterocycles. The number of nitro groups is 1. The Balaban J connectivity index is 1.15. The molecule has 0 aliphatic heterocycles. The highest BCUT2D eigenvalue weighted by Crippen LogP contribution is 2.17. The molecule has 0 aliphatic rings. The van der Waals surface area contributed by atoms with Crippen LogP contribution in [0, 0.1) is 10.1 Å². The van der Waals surface area contributed by atoms with Gasteiger partial charge in [-0.15, -0.1) is 0 Å². The van der Waals surface area contributed by atoms with E-state index in [1.165, 1.54) is 12.1 Å². The van der Waals surface area contributed by atoms with Crippen LogP contribution in [0.4, 0.5) is 5.69 Å². The van der Waals surface area contributed by atoms with Crippen LogP contribution in [0.5, 0.6) is 5.75 Å². The van der Waals surface area contributed by atoms with Gasteiger partial charge >= 0.3 is 0 Å². The molecule has 0 heterocycles. The van der Waals surface area contributed by atoms with Crippen LogP contribution >= 0.6 is 0 Å². The lowest BCUT2D eigenvalue weighted by molar-refractivity contribution is -0.384. The van der Waals surface area contributed by atoms with Crippen LogP contribution < -0.4 is 4.74 Å². The van der Waals surface area contributed by atoms with E-state index >= 15 is 0 Å².